The van der Waals surface area contributed by atoms with Crippen molar-refractivity contribution in [1.82, 2.24) is 0 Å². The molecule has 0 radical (unpaired) electrons. The molecule has 0 aliphatic carbocycles. The number of Topliss-reactive ketones (excluding diaryl/α,β-unsaturated/α-hetero) is 1. The molecule has 1 aliphatic heterocycles. The topological polar surface area (TPSA) is 105 Å². The van der Waals surface area contributed by atoms with E-state index >= 15 is 0 Å². The Bertz CT molecular complexity index is 598. The highest BCUT2D eigenvalue weighted by Gasteiger charge is 2.47. The molecule has 0 N–H and O–H groups in total. The number of ketones is 1. The van der Waals surface area contributed by atoms with E-state index in [2.05, 4.69) is 4.74 Å². The Morgan fingerprint density at radius 1 is 1.19 bits per heavy atom. The summed E-state index contributed by atoms with van der Waals surface area (Å²) in [6, 6.07) is 0. The minimum atomic E-state index is -3.59. The van der Waals surface area contributed by atoms with E-state index in [-0.39, 0.29) is 43.3 Å². The normalized spacial score (nSPS) is 25.7. The van der Waals surface area contributed by atoms with Crippen molar-refractivity contribution in [2.45, 2.75) is 60.2 Å². The van der Waals surface area contributed by atoms with Crippen molar-refractivity contribution >= 4 is 25.3 Å². The fourth-order valence-electron chi connectivity index (χ4n) is 2.73. The predicted octanol–water partition coefficient (Wildman–Crippen LogP) is 3.33. The Balaban J connectivity index is 2.72. The van der Waals surface area contributed by atoms with E-state index in [1.807, 2.05) is 13.8 Å². The minimum absolute atomic E-state index is 0.0827. The molecule has 0 aromatic heterocycles. The molecule has 1 saturated heterocycles. The quantitative estimate of drug-likeness (QED) is 0.326. The first-order valence-electron chi connectivity index (χ1n) is 9.12. The second-order valence-corrected chi connectivity index (χ2v) is 9.82. The highest BCUT2D eigenvalue weighted by atomic mass is 31.2. The van der Waals surface area contributed by atoms with Crippen LogP contribution in [0, 0.1) is 17.3 Å². The van der Waals surface area contributed by atoms with Gasteiger partial charge >= 0.3 is 19.5 Å². The lowest BCUT2D eigenvalue weighted by Crippen LogP contribution is -2.41. The van der Waals surface area contributed by atoms with Gasteiger partial charge in [0.05, 0.1) is 25.8 Å². The summed E-state index contributed by atoms with van der Waals surface area (Å²) >= 11 is 0. The van der Waals surface area contributed by atoms with Gasteiger partial charge in [0.2, 0.25) is 6.29 Å². The second-order valence-electron chi connectivity index (χ2n) is 7.77. The summed E-state index contributed by atoms with van der Waals surface area (Å²) in [6.07, 6.45) is -0.418. The SMILES string of the molecule is COC(=O)CCCC(=O)[C@@H]1C[P@@](=O)(OC(C)OC(=O)C(C)C)OCC1(C)C. The van der Waals surface area contributed by atoms with E-state index in [1.54, 1.807) is 13.8 Å². The molecule has 0 amide bonds. The monoisotopic (exact) mass is 406 g/mol. The molecule has 1 unspecified atom stereocenters. The van der Waals surface area contributed by atoms with Crippen LogP contribution >= 0.6 is 7.60 Å². The van der Waals surface area contributed by atoms with Crippen LogP contribution in [-0.2, 0) is 37.5 Å². The molecule has 1 fully saturated rings. The summed E-state index contributed by atoms with van der Waals surface area (Å²) in [7, 11) is -2.29. The maximum atomic E-state index is 13.0. The third-order valence-electron chi connectivity index (χ3n) is 4.47. The Morgan fingerprint density at radius 3 is 2.37 bits per heavy atom. The molecule has 0 aromatic rings. The summed E-state index contributed by atoms with van der Waals surface area (Å²) < 4.78 is 33.5. The van der Waals surface area contributed by atoms with Crippen LogP contribution in [0.5, 0.6) is 0 Å². The number of ether oxygens (including phenoxy) is 2. The fourth-order valence-corrected chi connectivity index (χ4v) is 5.15. The summed E-state index contributed by atoms with van der Waals surface area (Å²) in [6.45, 7) is 8.64. The molecule has 1 heterocycles. The third kappa shape index (κ3) is 7.35. The molecule has 3 atom stereocenters. The molecule has 0 saturated carbocycles. The van der Waals surface area contributed by atoms with Crippen LogP contribution in [0.25, 0.3) is 0 Å². The van der Waals surface area contributed by atoms with Gasteiger partial charge in [-0.05, 0) is 18.8 Å². The predicted molar refractivity (Wildman–Crippen MR) is 98.0 cm³/mol. The number of carbonyl (C=O) groups is 3. The van der Waals surface area contributed by atoms with Gasteiger partial charge in [0.1, 0.15) is 5.78 Å². The Morgan fingerprint density at radius 2 is 1.81 bits per heavy atom. The fraction of sp³-hybridized carbons (Fsp3) is 0.833. The third-order valence-corrected chi connectivity index (χ3v) is 6.42. The molecule has 0 aromatic carbocycles. The molecule has 0 spiro atoms. The van der Waals surface area contributed by atoms with Gasteiger partial charge in [-0.3, -0.25) is 23.5 Å². The minimum Gasteiger partial charge on any atom is -0.469 e. The zero-order valence-electron chi connectivity index (χ0n) is 17.0. The van der Waals surface area contributed by atoms with Crippen LogP contribution < -0.4 is 0 Å². The lowest BCUT2D eigenvalue weighted by Gasteiger charge is -2.40. The molecule has 1 rings (SSSR count). The Labute approximate surface area is 160 Å². The maximum Gasteiger partial charge on any atom is 0.334 e. The van der Waals surface area contributed by atoms with E-state index in [0.717, 1.165) is 0 Å². The van der Waals surface area contributed by atoms with Crippen LogP contribution in [0.15, 0.2) is 0 Å². The lowest BCUT2D eigenvalue weighted by molar-refractivity contribution is -0.166. The van der Waals surface area contributed by atoms with E-state index in [4.69, 9.17) is 13.8 Å². The van der Waals surface area contributed by atoms with E-state index in [9.17, 15) is 18.9 Å². The number of esters is 2. The molecule has 27 heavy (non-hydrogen) atoms. The lowest BCUT2D eigenvalue weighted by atomic mass is 9.77. The second kappa shape index (κ2) is 9.80. The van der Waals surface area contributed by atoms with Crippen LogP contribution in [0.1, 0.15) is 53.9 Å². The number of carbonyl (C=O) groups excluding carboxylic acids is 3. The standard InChI is InChI=1S/C18H31O8P/c1-12(2)17(21)25-13(3)26-27(22)10-14(18(4,5)11-24-27)15(19)8-7-9-16(20)23-6/h12-14H,7-11H2,1-6H3/t13?,14-,27-/m0/s1. The van der Waals surface area contributed by atoms with Gasteiger partial charge in [-0.2, -0.15) is 0 Å². The molecule has 1 aliphatic rings. The van der Waals surface area contributed by atoms with Crippen molar-refractivity contribution in [1.29, 1.82) is 0 Å². The highest BCUT2D eigenvalue weighted by Crippen LogP contribution is 2.58. The smallest absolute Gasteiger partial charge is 0.334 e. The van der Waals surface area contributed by atoms with Gasteiger partial charge in [0.15, 0.2) is 0 Å². The van der Waals surface area contributed by atoms with E-state index in [1.165, 1.54) is 14.0 Å². The van der Waals surface area contributed by atoms with Gasteiger partial charge in [-0.25, -0.2) is 0 Å². The first-order chi connectivity index (χ1) is 12.4. The molecule has 0 bridgehead atoms. The molecule has 9 heteroatoms. The van der Waals surface area contributed by atoms with Gasteiger partial charge in [0.25, 0.3) is 0 Å². The van der Waals surface area contributed by atoms with Crippen LogP contribution in [-0.4, -0.2) is 43.9 Å². The average Bonchev–Trinajstić information content (AvgIpc) is 2.56. The zero-order valence-corrected chi connectivity index (χ0v) is 17.9. The number of methoxy groups -OCH3 is 1. The summed E-state index contributed by atoms with van der Waals surface area (Å²) in [5.74, 6) is -1.82. The summed E-state index contributed by atoms with van der Waals surface area (Å²) in [5, 5.41) is 0. The molecule has 8 nitrogen and oxygen atoms in total. The Hall–Kier alpha value is -1.24. The summed E-state index contributed by atoms with van der Waals surface area (Å²) in [4.78, 5) is 35.5. The maximum absolute atomic E-state index is 13.0. The number of hydrogen-bond acceptors (Lipinski definition) is 8. The van der Waals surface area contributed by atoms with Crippen molar-refractivity contribution in [3.63, 3.8) is 0 Å². The van der Waals surface area contributed by atoms with Crippen molar-refractivity contribution in [2.75, 3.05) is 19.9 Å². The van der Waals surface area contributed by atoms with E-state index in [0.29, 0.717) is 6.42 Å². The molecular weight excluding hydrogens is 375 g/mol. The van der Waals surface area contributed by atoms with Gasteiger partial charge in [-0.15, -0.1) is 0 Å². The number of hydrogen-bond donors (Lipinski definition) is 0. The van der Waals surface area contributed by atoms with Crippen LogP contribution in [0.4, 0.5) is 0 Å². The van der Waals surface area contributed by atoms with Crippen molar-refractivity contribution in [3.8, 4) is 0 Å². The summed E-state index contributed by atoms with van der Waals surface area (Å²) in [5.41, 5.74) is -0.516. The van der Waals surface area contributed by atoms with Crippen molar-refractivity contribution in [2.24, 2.45) is 17.3 Å². The zero-order chi connectivity index (χ0) is 20.8. The number of rotatable bonds is 9. The Kier molecular flexibility index (Phi) is 8.64. The van der Waals surface area contributed by atoms with Gasteiger partial charge in [-0.1, -0.05) is 27.7 Å². The average molecular weight is 406 g/mol. The molecular formula is C18H31O8P. The van der Waals surface area contributed by atoms with E-state index < -0.39 is 31.2 Å². The molecule has 156 valence electrons. The van der Waals surface area contributed by atoms with Crippen LogP contribution in [0.2, 0.25) is 0 Å². The first kappa shape index (κ1) is 23.8. The highest BCUT2D eigenvalue weighted by molar-refractivity contribution is 7.54. The van der Waals surface area contributed by atoms with Gasteiger partial charge in [0, 0.05) is 18.8 Å². The van der Waals surface area contributed by atoms with Gasteiger partial charge < -0.3 is 14.0 Å². The largest absolute Gasteiger partial charge is 0.469 e. The van der Waals surface area contributed by atoms with Crippen LogP contribution in [0.3, 0.4) is 0 Å². The van der Waals surface area contributed by atoms with Crippen molar-refractivity contribution < 1.29 is 37.5 Å². The van der Waals surface area contributed by atoms with Crippen molar-refractivity contribution in [3.05, 3.63) is 0 Å². The first-order valence-corrected chi connectivity index (χ1v) is 10.8.